The van der Waals surface area contributed by atoms with Gasteiger partial charge in [-0.1, -0.05) is 60.2 Å². The first-order valence-electron chi connectivity index (χ1n) is 9.39. The second kappa shape index (κ2) is 9.51. The molecule has 1 aliphatic heterocycles. The van der Waals surface area contributed by atoms with Gasteiger partial charge in [-0.25, -0.2) is 0 Å². The van der Waals surface area contributed by atoms with E-state index in [1.54, 1.807) is 0 Å². The van der Waals surface area contributed by atoms with Crippen molar-refractivity contribution in [3.8, 4) is 0 Å². The number of aryl methyl sites for hydroxylation is 2. The summed E-state index contributed by atoms with van der Waals surface area (Å²) in [5, 5.41) is 3.03. The molecule has 26 heavy (non-hydrogen) atoms. The Bertz CT molecular complexity index is 685. The Hall–Kier alpha value is -2.17. The Morgan fingerprint density at radius 2 is 1.88 bits per heavy atom. The molecule has 0 aromatic heterocycles. The molecule has 0 aliphatic carbocycles. The lowest BCUT2D eigenvalue weighted by Gasteiger charge is -2.33. The van der Waals surface area contributed by atoms with Crippen LogP contribution in [0.3, 0.4) is 0 Å². The fraction of sp³-hybridized carbons (Fsp3) is 0.409. The molecule has 1 aliphatic rings. The molecule has 1 unspecified atom stereocenters. The highest BCUT2D eigenvalue weighted by Crippen LogP contribution is 2.10. The highest BCUT2D eigenvalue weighted by molar-refractivity contribution is 5.76. The minimum absolute atomic E-state index is 0.0655. The molecule has 0 saturated carbocycles. The van der Waals surface area contributed by atoms with Gasteiger partial charge in [0, 0.05) is 32.6 Å². The average molecular weight is 352 g/mol. The minimum atomic E-state index is 0.0655. The van der Waals surface area contributed by atoms with Crippen LogP contribution in [0.2, 0.25) is 0 Å². The number of morpholine rings is 1. The summed E-state index contributed by atoms with van der Waals surface area (Å²) in [7, 11) is 0. The summed E-state index contributed by atoms with van der Waals surface area (Å²) >= 11 is 0. The standard InChI is InChI=1S/C22H28N2O2/c1-18-7-9-19(10-8-18)11-12-22(25)23-15-21-17-24(13-14-26-21)16-20-5-3-2-4-6-20/h2-10,21H,11-17H2,1H3,(H,23,25). The maximum Gasteiger partial charge on any atom is 0.220 e. The number of ether oxygens (including phenoxy) is 1. The van der Waals surface area contributed by atoms with Crippen LogP contribution in [0.25, 0.3) is 0 Å². The molecule has 1 saturated heterocycles. The Kier molecular flexibility index (Phi) is 6.81. The highest BCUT2D eigenvalue weighted by Gasteiger charge is 2.20. The second-order valence-corrected chi connectivity index (χ2v) is 7.00. The molecule has 4 nitrogen and oxygen atoms in total. The number of amides is 1. The van der Waals surface area contributed by atoms with Crippen molar-refractivity contribution in [3.63, 3.8) is 0 Å². The van der Waals surface area contributed by atoms with Crippen LogP contribution >= 0.6 is 0 Å². The molecule has 0 radical (unpaired) electrons. The molecule has 1 atom stereocenters. The van der Waals surface area contributed by atoms with Crippen molar-refractivity contribution in [1.29, 1.82) is 0 Å². The van der Waals surface area contributed by atoms with Gasteiger partial charge in [0.15, 0.2) is 0 Å². The summed E-state index contributed by atoms with van der Waals surface area (Å²) in [6.45, 7) is 6.10. The maximum atomic E-state index is 12.1. The Morgan fingerprint density at radius 1 is 1.12 bits per heavy atom. The minimum Gasteiger partial charge on any atom is -0.374 e. The molecule has 2 aromatic carbocycles. The Labute approximate surface area is 156 Å². The summed E-state index contributed by atoms with van der Waals surface area (Å²) in [6, 6.07) is 18.8. The molecular weight excluding hydrogens is 324 g/mol. The maximum absolute atomic E-state index is 12.1. The molecule has 138 valence electrons. The third kappa shape index (κ3) is 5.97. The van der Waals surface area contributed by atoms with Gasteiger partial charge in [-0.3, -0.25) is 9.69 Å². The summed E-state index contributed by atoms with van der Waals surface area (Å²) < 4.78 is 5.82. The van der Waals surface area contributed by atoms with E-state index in [4.69, 9.17) is 4.74 Å². The van der Waals surface area contributed by atoms with Crippen LogP contribution in [-0.2, 0) is 22.5 Å². The lowest BCUT2D eigenvalue weighted by atomic mass is 10.1. The van der Waals surface area contributed by atoms with E-state index >= 15 is 0 Å². The van der Waals surface area contributed by atoms with Crippen LogP contribution in [0, 0.1) is 6.92 Å². The first kappa shape index (κ1) is 18.6. The molecule has 1 N–H and O–H groups in total. The van der Waals surface area contributed by atoms with E-state index in [1.165, 1.54) is 16.7 Å². The molecule has 1 heterocycles. The van der Waals surface area contributed by atoms with Crippen LogP contribution < -0.4 is 5.32 Å². The zero-order valence-electron chi connectivity index (χ0n) is 15.5. The van der Waals surface area contributed by atoms with E-state index in [9.17, 15) is 4.79 Å². The van der Waals surface area contributed by atoms with Crippen molar-refractivity contribution in [2.45, 2.75) is 32.4 Å². The second-order valence-electron chi connectivity index (χ2n) is 7.00. The number of benzene rings is 2. The Morgan fingerprint density at radius 3 is 2.65 bits per heavy atom. The monoisotopic (exact) mass is 352 g/mol. The van der Waals surface area contributed by atoms with Crippen LogP contribution in [0.1, 0.15) is 23.1 Å². The molecule has 1 amide bonds. The SMILES string of the molecule is Cc1ccc(CCC(=O)NCC2CN(Cc3ccccc3)CCO2)cc1. The third-order valence-corrected chi connectivity index (χ3v) is 4.76. The lowest BCUT2D eigenvalue weighted by molar-refractivity contribution is -0.122. The smallest absolute Gasteiger partial charge is 0.220 e. The largest absolute Gasteiger partial charge is 0.374 e. The van der Waals surface area contributed by atoms with E-state index in [0.717, 1.165) is 32.7 Å². The summed E-state index contributed by atoms with van der Waals surface area (Å²) in [5.41, 5.74) is 3.76. The van der Waals surface area contributed by atoms with E-state index in [-0.39, 0.29) is 12.0 Å². The molecule has 2 aromatic rings. The summed E-state index contributed by atoms with van der Waals surface area (Å²) in [5.74, 6) is 0.0920. The number of carbonyl (C=O) groups excluding carboxylic acids is 1. The first-order valence-corrected chi connectivity index (χ1v) is 9.39. The van der Waals surface area contributed by atoms with Gasteiger partial charge in [0.2, 0.25) is 5.91 Å². The van der Waals surface area contributed by atoms with E-state index in [1.807, 2.05) is 6.07 Å². The zero-order valence-corrected chi connectivity index (χ0v) is 15.5. The van der Waals surface area contributed by atoms with Gasteiger partial charge < -0.3 is 10.1 Å². The predicted molar refractivity (Wildman–Crippen MR) is 104 cm³/mol. The van der Waals surface area contributed by atoms with Crippen LogP contribution in [-0.4, -0.2) is 43.2 Å². The van der Waals surface area contributed by atoms with Gasteiger partial charge in [0.25, 0.3) is 0 Å². The van der Waals surface area contributed by atoms with E-state index in [2.05, 4.69) is 65.7 Å². The van der Waals surface area contributed by atoms with Crippen LogP contribution in [0.15, 0.2) is 54.6 Å². The zero-order chi connectivity index (χ0) is 18.2. The Balaban J connectivity index is 1.38. The van der Waals surface area contributed by atoms with Gasteiger partial charge in [-0.05, 0) is 24.5 Å². The van der Waals surface area contributed by atoms with Gasteiger partial charge in [0.1, 0.15) is 0 Å². The molecular formula is C22H28N2O2. The fourth-order valence-corrected chi connectivity index (χ4v) is 3.22. The fourth-order valence-electron chi connectivity index (χ4n) is 3.22. The molecule has 0 spiro atoms. The van der Waals surface area contributed by atoms with Gasteiger partial charge >= 0.3 is 0 Å². The van der Waals surface area contributed by atoms with Gasteiger partial charge in [0.05, 0.1) is 12.7 Å². The van der Waals surface area contributed by atoms with E-state index < -0.39 is 0 Å². The number of hydrogen-bond acceptors (Lipinski definition) is 3. The van der Waals surface area contributed by atoms with Gasteiger partial charge in [-0.15, -0.1) is 0 Å². The molecule has 0 bridgehead atoms. The summed E-state index contributed by atoms with van der Waals surface area (Å²) in [6.07, 6.45) is 1.36. The van der Waals surface area contributed by atoms with Crippen molar-refractivity contribution in [2.24, 2.45) is 0 Å². The number of hydrogen-bond donors (Lipinski definition) is 1. The highest BCUT2D eigenvalue weighted by atomic mass is 16.5. The first-order chi connectivity index (χ1) is 12.7. The van der Waals surface area contributed by atoms with E-state index in [0.29, 0.717) is 13.0 Å². The van der Waals surface area contributed by atoms with Crippen LogP contribution in [0.4, 0.5) is 0 Å². The number of nitrogens with zero attached hydrogens (tertiary/aromatic N) is 1. The summed E-state index contributed by atoms with van der Waals surface area (Å²) in [4.78, 5) is 14.5. The number of nitrogens with one attached hydrogen (secondary N) is 1. The van der Waals surface area contributed by atoms with Crippen molar-refractivity contribution in [2.75, 3.05) is 26.2 Å². The van der Waals surface area contributed by atoms with Crippen LogP contribution in [0.5, 0.6) is 0 Å². The van der Waals surface area contributed by atoms with Crippen molar-refractivity contribution >= 4 is 5.91 Å². The average Bonchev–Trinajstić information content (AvgIpc) is 2.67. The number of rotatable bonds is 7. The van der Waals surface area contributed by atoms with Crippen molar-refractivity contribution < 1.29 is 9.53 Å². The quantitative estimate of drug-likeness (QED) is 0.833. The normalized spacial score (nSPS) is 17.8. The van der Waals surface area contributed by atoms with Crippen molar-refractivity contribution in [1.82, 2.24) is 10.2 Å². The molecule has 1 fully saturated rings. The van der Waals surface area contributed by atoms with Gasteiger partial charge in [-0.2, -0.15) is 0 Å². The lowest BCUT2D eigenvalue weighted by Crippen LogP contribution is -2.47. The molecule has 3 rings (SSSR count). The topological polar surface area (TPSA) is 41.6 Å². The molecule has 4 heteroatoms. The predicted octanol–water partition coefficient (Wildman–Crippen LogP) is 2.94. The van der Waals surface area contributed by atoms with Crippen molar-refractivity contribution in [3.05, 3.63) is 71.3 Å². The number of carbonyl (C=O) groups is 1. The third-order valence-electron chi connectivity index (χ3n) is 4.76.